The lowest BCUT2D eigenvalue weighted by atomic mass is 10.1. The Bertz CT molecular complexity index is 269. The minimum Gasteiger partial charge on any atom is -0.308 e. The molecular weight excluding hydrogens is 202 g/mol. The van der Waals surface area contributed by atoms with Crippen LogP contribution in [0.4, 0.5) is 0 Å². The quantitative estimate of drug-likeness (QED) is 0.691. The van der Waals surface area contributed by atoms with Crippen molar-refractivity contribution >= 4 is 22.1 Å². The fraction of sp³-hybridized carbons (Fsp3) is 0.222. The zero-order chi connectivity index (χ0) is 8.43. The monoisotopic (exact) mass is 211 g/mol. The molecule has 1 N–H and O–H groups in total. The van der Waals surface area contributed by atoms with Crippen LogP contribution >= 0.6 is 15.9 Å². The summed E-state index contributed by atoms with van der Waals surface area (Å²) in [6.45, 7) is 4.06. The van der Waals surface area contributed by atoms with Gasteiger partial charge < -0.3 is 5.41 Å². The zero-order valence-electron chi connectivity index (χ0n) is 6.61. The van der Waals surface area contributed by atoms with Crippen LogP contribution in [0.3, 0.4) is 0 Å². The molecule has 0 radical (unpaired) electrons. The van der Waals surface area contributed by atoms with Gasteiger partial charge in [0, 0.05) is 10.7 Å². The van der Waals surface area contributed by atoms with E-state index in [1.165, 1.54) is 17.3 Å². The first kappa shape index (κ1) is 8.47. The Morgan fingerprint density at radius 1 is 1.27 bits per heavy atom. The summed E-state index contributed by atoms with van der Waals surface area (Å²) in [4.78, 5) is 0. The minimum atomic E-state index is 0.961. The average Bonchev–Trinajstić information content (AvgIpc) is 1.99. The Kier molecular flexibility index (Phi) is 2.45. The maximum absolute atomic E-state index is 7.07. The maximum Gasteiger partial charge on any atom is 0.0250 e. The number of hydrogen-bond donors (Lipinski definition) is 1. The average molecular weight is 212 g/mol. The predicted octanol–water partition coefficient (Wildman–Crippen LogP) is 3.06. The maximum atomic E-state index is 7.07. The number of halogens is 1. The van der Waals surface area contributed by atoms with Crippen molar-refractivity contribution in [2.24, 2.45) is 0 Å². The molecule has 1 rings (SSSR count). The SMILES string of the molecule is Cc1cc(C=N)cc(C)c1Br. The summed E-state index contributed by atoms with van der Waals surface area (Å²) in [5, 5.41) is 7.07. The van der Waals surface area contributed by atoms with Gasteiger partial charge in [-0.05, 0) is 42.7 Å². The van der Waals surface area contributed by atoms with Gasteiger partial charge in [0.05, 0.1) is 0 Å². The molecule has 0 atom stereocenters. The van der Waals surface area contributed by atoms with Crippen LogP contribution < -0.4 is 0 Å². The lowest BCUT2D eigenvalue weighted by Crippen LogP contribution is -1.86. The van der Waals surface area contributed by atoms with Gasteiger partial charge in [-0.1, -0.05) is 15.9 Å². The molecule has 0 aliphatic carbocycles. The predicted molar refractivity (Wildman–Crippen MR) is 51.5 cm³/mol. The van der Waals surface area contributed by atoms with E-state index in [4.69, 9.17) is 5.41 Å². The van der Waals surface area contributed by atoms with Gasteiger partial charge in [0.2, 0.25) is 0 Å². The molecule has 0 saturated carbocycles. The molecule has 0 aromatic heterocycles. The minimum absolute atomic E-state index is 0.961. The summed E-state index contributed by atoms with van der Waals surface area (Å²) < 4.78 is 1.14. The van der Waals surface area contributed by atoms with E-state index in [9.17, 15) is 0 Å². The summed E-state index contributed by atoms with van der Waals surface area (Å²) in [5.41, 5.74) is 3.33. The Hall–Kier alpha value is -0.630. The standard InChI is InChI=1S/C9H10BrN/c1-6-3-8(5-11)4-7(2)9(6)10/h3-5,11H,1-2H3. The van der Waals surface area contributed by atoms with Crippen molar-refractivity contribution < 1.29 is 0 Å². The van der Waals surface area contributed by atoms with E-state index >= 15 is 0 Å². The van der Waals surface area contributed by atoms with Crippen LogP contribution in [0.1, 0.15) is 16.7 Å². The molecule has 0 amide bonds. The third-order valence-corrected chi connectivity index (χ3v) is 2.88. The van der Waals surface area contributed by atoms with Gasteiger partial charge in [-0.15, -0.1) is 0 Å². The first-order chi connectivity index (χ1) is 5.15. The number of benzene rings is 1. The number of rotatable bonds is 1. The van der Waals surface area contributed by atoms with Crippen molar-refractivity contribution in [1.29, 1.82) is 5.41 Å². The number of aryl methyl sites for hydroxylation is 2. The topological polar surface area (TPSA) is 23.9 Å². The molecule has 2 heteroatoms. The van der Waals surface area contributed by atoms with Crippen LogP contribution in [0.25, 0.3) is 0 Å². The highest BCUT2D eigenvalue weighted by atomic mass is 79.9. The highest BCUT2D eigenvalue weighted by Crippen LogP contribution is 2.21. The van der Waals surface area contributed by atoms with Crippen molar-refractivity contribution in [3.05, 3.63) is 33.3 Å². The third-order valence-electron chi connectivity index (χ3n) is 1.63. The lowest BCUT2D eigenvalue weighted by molar-refractivity contribution is 1.33. The van der Waals surface area contributed by atoms with Gasteiger partial charge in [0.1, 0.15) is 0 Å². The first-order valence-electron chi connectivity index (χ1n) is 3.42. The molecule has 0 spiro atoms. The Morgan fingerprint density at radius 3 is 2.09 bits per heavy atom. The van der Waals surface area contributed by atoms with E-state index in [1.54, 1.807) is 0 Å². The van der Waals surface area contributed by atoms with Gasteiger partial charge >= 0.3 is 0 Å². The van der Waals surface area contributed by atoms with Crippen LogP contribution in [0.2, 0.25) is 0 Å². The third kappa shape index (κ3) is 1.69. The Labute approximate surface area is 75.1 Å². The van der Waals surface area contributed by atoms with E-state index < -0.39 is 0 Å². The molecule has 0 aliphatic rings. The fourth-order valence-electron chi connectivity index (χ4n) is 1.06. The van der Waals surface area contributed by atoms with Gasteiger partial charge in [-0.2, -0.15) is 0 Å². The van der Waals surface area contributed by atoms with E-state index in [-0.39, 0.29) is 0 Å². The molecule has 1 aromatic rings. The Morgan fingerprint density at radius 2 is 1.73 bits per heavy atom. The molecule has 0 unspecified atom stereocenters. The van der Waals surface area contributed by atoms with Crippen LogP contribution in [0.15, 0.2) is 16.6 Å². The highest BCUT2D eigenvalue weighted by molar-refractivity contribution is 9.10. The smallest absolute Gasteiger partial charge is 0.0250 e. The van der Waals surface area contributed by atoms with Crippen molar-refractivity contribution in [1.82, 2.24) is 0 Å². The van der Waals surface area contributed by atoms with Gasteiger partial charge in [-0.25, -0.2) is 0 Å². The van der Waals surface area contributed by atoms with E-state index in [0.29, 0.717) is 0 Å². The van der Waals surface area contributed by atoms with Crippen LogP contribution in [0, 0.1) is 19.3 Å². The summed E-state index contributed by atoms with van der Waals surface area (Å²) in [7, 11) is 0. The molecule has 1 aromatic carbocycles. The Balaban J connectivity index is 3.31. The number of hydrogen-bond acceptors (Lipinski definition) is 1. The summed E-state index contributed by atoms with van der Waals surface area (Å²) in [6, 6.07) is 3.98. The first-order valence-corrected chi connectivity index (χ1v) is 4.21. The van der Waals surface area contributed by atoms with Crippen LogP contribution in [0.5, 0.6) is 0 Å². The molecule has 0 aliphatic heterocycles. The largest absolute Gasteiger partial charge is 0.308 e. The summed E-state index contributed by atoms with van der Waals surface area (Å²) in [5.74, 6) is 0. The molecular formula is C9H10BrN. The second kappa shape index (κ2) is 3.18. The van der Waals surface area contributed by atoms with Crippen molar-refractivity contribution in [2.45, 2.75) is 13.8 Å². The summed E-state index contributed by atoms with van der Waals surface area (Å²) in [6.07, 6.45) is 1.37. The van der Waals surface area contributed by atoms with Gasteiger partial charge in [0.25, 0.3) is 0 Å². The molecule has 0 bridgehead atoms. The molecule has 58 valence electrons. The van der Waals surface area contributed by atoms with Gasteiger partial charge in [0.15, 0.2) is 0 Å². The molecule has 11 heavy (non-hydrogen) atoms. The molecule has 1 nitrogen and oxygen atoms in total. The molecule has 0 saturated heterocycles. The molecule has 0 heterocycles. The van der Waals surface area contributed by atoms with E-state index in [0.717, 1.165) is 10.0 Å². The zero-order valence-corrected chi connectivity index (χ0v) is 8.20. The molecule has 0 fully saturated rings. The van der Waals surface area contributed by atoms with Crippen molar-refractivity contribution in [3.63, 3.8) is 0 Å². The lowest BCUT2D eigenvalue weighted by Gasteiger charge is -2.03. The second-order valence-electron chi connectivity index (χ2n) is 2.61. The van der Waals surface area contributed by atoms with Crippen molar-refractivity contribution in [2.75, 3.05) is 0 Å². The van der Waals surface area contributed by atoms with Gasteiger partial charge in [-0.3, -0.25) is 0 Å². The number of nitrogens with one attached hydrogen (secondary N) is 1. The summed E-state index contributed by atoms with van der Waals surface area (Å²) >= 11 is 3.47. The van der Waals surface area contributed by atoms with E-state index in [1.807, 2.05) is 26.0 Å². The van der Waals surface area contributed by atoms with Crippen LogP contribution in [-0.4, -0.2) is 6.21 Å². The second-order valence-corrected chi connectivity index (χ2v) is 3.41. The highest BCUT2D eigenvalue weighted by Gasteiger charge is 1.99. The fourth-order valence-corrected chi connectivity index (χ4v) is 1.29. The van der Waals surface area contributed by atoms with E-state index in [2.05, 4.69) is 15.9 Å². The van der Waals surface area contributed by atoms with Crippen LogP contribution in [-0.2, 0) is 0 Å². The van der Waals surface area contributed by atoms with Crippen molar-refractivity contribution in [3.8, 4) is 0 Å². The normalized spacial score (nSPS) is 9.73.